The van der Waals surface area contributed by atoms with E-state index in [1.165, 1.54) is 0 Å². The molecular formula is C16H18BrNO2. The van der Waals surface area contributed by atoms with Gasteiger partial charge in [0.2, 0.25) is 0 Å². The molecule has 2 unspecified atom stereocenters. The molecule has 0 saturated heterocycles. The van der Waals surface area contributed by atoms with Gasteiger partial charge in [0.05, 0.1) is 12.4 Å². The molecule has 0 radical (unpaired) electrons. The van der Waals surface area contributed by atoms with Crippen LogP contribution in [0.4, 0.5) is 0 Å². The van der Waals surface area contributed by atoms with Gasteiger partial charge in [-0.1, -0.05) is 34.1 Å². The summed E-state index contributed by atoms with van der Waals surface area (Å²) < 4.78 is 6.21. The number of benzene rings is 1. The van der Waals surface area contributed by atoms with Crippen molar-refractivity contribution in [3.63, 3.8) is 0 Å². The molecule has 1 aromatic carbocycles. The molecule has 3 nitrogen and oxygen atoms in total. The number of hydrogen-bond donors (Lipinski definition) is 2. The molecule has 0 aliphatic heterocycles. The summed E-state index contributed by atoms with van der Waals surface area (Å²) in [7, 11) is 0. The molecule has 2 atom stereocenters. The van der Waals surface area contributed by atoms with E-state index in [1.54, 1.807) is 6.26 Å². The Bertz CT molecular complexity index is 534. The van der Waals surface area contributed by atoms with E-state index in [9.17, 15) is 5.11 Å². The maximum absolute atomic E-state index is 10.2. The highest BCUT2D eigenvalue weighted by Gasteiger charge is 2.14. The van der Waals surface area contributed by atoms with Crippen molar-refractivity contribution in [3.8, 4) is 0 Å². The van der Waals surface area contributed by atoms with E-state index in [-0.39, 0.29) is 6.04 Å². The van der Waals surface area contributed by atoms with E-state index >= 15 is 0 Å². The van der Waals surface area contributed by atoms with Crippen LogP contribution < -0.4 is 5.32 Å². The number of nitrogens with one attached hydrogen (secondary N) is 1. The Kier molecular flexibility index (Phi) is 5.59. The Morgan fingerprint density at radius 2 is 2.05 bits per heavy atom. The van der Waals surface area contributed by atoms with Gasteiger partial charge in [0.25, 0.3) is 0 Å². The van der Waals surface area contributed by atoms with Crippen LogP contribution in [0, 0.1) is 0 Å². The van der Waals surface area contributed by atoms with E-state index in [0.29, 0.717) is 6.54 Å². The molecule has 0 fully saturated rings. The van der Waals surface area contributed by atoms with Crippen molar-refractivity contribution in [3.05, 3.63) is 64.5 Å². The highest BCUT2D eigenvalue weighted by atomic mass is 79.9. The summed E-state index contributed by atoms with van der Waals surface area (Å²) in [5.74, 6) is 0.827. The smallest absolute Gasteiger partial charge is 0.126 e. The largest absolute Gasteiger partial charge is 0.465 e. The molecule has 0 spiro atoms. The minimum atomic E-state index is -0.528. The minimum absolute atomic E-state index is 0.0302. The zero-order valence-electron chi connectivity index (χ0n) is 11.3. The van der Waals surface area contributed by atoms with Gasteiger partial charge >= 0.3 is 0 Å². The van der Waals surface area contributed by atoms with Crippen LogP contribution in [0.2, 0.25) is 0 Å². The number of aliphatic hydroxyl groups is 1. The average molecular weight is 336 g/mol. The molecule has 2 aromatic rings. The molecular weight excluding hydrogens is 318 g/mol. The Balaban J connectivity index is 1.82. The van der Waals surface area contributed by atoms with Crippen LogP contribution in [-0.2, 0) is 0 Å². The van der Waals surface area contributed by atoms with Gasteiger partial charge in [-0.2, -0.15) is 0 Å². The second-order valence-corrected chi connectivity index (χ2v) is 5.53. The minimum Gasteiger partial charge on any atom is -0.465 e. The summed E-state index contributed by atoms with van der Waals surface area (Å²) in [6.45, 7) is 2.64. The molecule has 0 amide bonds. The van der Waals surface area contributed by atoms with Crippen molar-refractivity contribution in [2.45, 2.75) is 19.1 Å². The maximum atomic E-state index is 10.2. The lowest BCUT2D eigenvalue weighted by Crippen LogP contribution is -2.32. The van der Waals surface area contributed by atoms with E-state index in [1.807, 2.05) is 55.5 Å². The second kappa shape index (κ2) is 7.43. The second-order valence-electron chi connectivity index (χ2n) is 4.61. The van der Waals surface area contributed by atoms with Gasteiger partial charge in [-0.25, -0.2) is 0 Å². The summed E-state index contributed by atoms with van der Waals surface area (Å²) in [5, 5.41) is 13.5. The van der Waals surface area contributed by atoms with Crippen molar-refractivity contribution in [2.75, 3.05) is 6.54 Å². The van der Waals surface area contributed by atoms with E-state index < -0.39 is 6.10 Å². The van der Waals surface area contributed by atoms with Crippen LogP contribution in [0.3, 0.4) is 0 Å². The Morgan fingerprint density at radius 1 is 1.30 bits per heavy atom. The van der Waals surface area contributed by atoms with Gasteiger partial charge in [0.15, 0.2) is 0 Å². The van der Waals surface area contributed by atoms with Crippen molar-refractivity contribution in [1.82, 2.24) is 5.32 Å². The predicted molar refractivity (Wildman–Crippen MR) is 84.3 cm³/mol. The lowest BCUT2D eigenvalue weighted by molar-refractivity contribution is 0.138. The average Bonchev–Trinajstić information content (AvgIpc) is 2.96. The molecule has 1 aromatic heterocycles. The lowest BCUT2D eigenvalue weighted by atomic mass is 10.0. The van der Waals surface area contributed by atoms with Crippen LogP contribution in [0.1, 0.15) is 24.4 Å². The number of aliphatic hydroxyl groups excluding tert-OH is 1. The summed E-state index contributed by atoms with van der Waals surface area (Å²) in [5.41, 5.74) is 0.906. The monoisotopic (exact) mass is 335 g/mol. The first kappa shape index (κ1) is 15.0. The first-order valence-electron chi connectivity index (χ1n) is 6.54. The number of rotatable bonds is 6. The zero-order chi connectivity index (χ0) is 14.4. The van der Waals surface area contributed by atoms with Crippen LogP contribution in [0.25, 0.3) is 6.08 Å². The van der Waals surface area contributed by atoms with E-state index in [0.717, 1.165) is 15.8 Å². The van der Waals surface area contributed by atoms with Gasteiger partial charge in [-0.15, -0.1) is 0 Å². The van der Waals surface area contributed by atoms with Gasteiger partial charge in [-0.05, 0) is 42.8 Å². The van der Waals surface area contributed by atoms with Crippen molar-refractivity contribution >= 4 is 22.0 Å². The molecule has 0 saturated carbocycles. The molecule has 4 heteroatoms. The fraction of sp³-hybridized carbons (Fsp3) is 0.250. The molecule has 2 rings (SSSR count). The topological polar surface area (TPSA) is 45.4 Å². The first-order valence-corrected chi connectivity index (χ1v) is 7.33. The number of halogens is 1. The number of furan rings is 1. The lowest BCUT2D eigenvalue weighted by Gasteiger charge is -2.20. The molecule has 0 aliphatic carbocycles. The van der Waals surface area contributed by atoms with Gasteiger partial charge in [0.1, 0.15) is 5.76 Å². The first-order chi connectivity index (χ1) is 9.66. The molecule has 2 N–H and O–H groups in total. The maximum Gasteiger partial charge on any atom is 0.126 e. The van der Waals surface area contributed by atoms with Crippen LogP contribution in [0.5, 0.6) is 0 Å². The molecule has 0 bridgehead atoms. The summed E-state index contributed by atoms with van der Waals surface area (Å²) in [4.78, 5) is 0. The van der Waals surface area contributed by atoms with Crippen LogP contribution in [-0.4, -0.2) is 17.7 Å². The summed E-state index contributed by atoms with van der Waals surface area (Å²) in [6, 6.07) is 11.4. The predicted octanol–water partition coefficient (Wildman–Crippen LogP) is 3.77. The quantitative estimate of drug-likeness (QED) is 0.844. The highest BCUT2D eigenvalue weighted by Crippen LogP contribution is 2.19. The van der Waals surface area contributed by atoms with Crippen LogP contribution >= 0.6 is 15.9 Å². The standard InChI is InChI=1S/C16H18BrNO2/c1-12(16(19)13-6-8-14(17)9-7-13)18-10-2-4-15-5-3-11-20-15/h2-9,11-12,16,18-19H,10H2,1H3/b4-2+. The molecule has 1 heterocycles. The SMILES string of the molecule is CC(NC/C=C/c1ccco1)C(O)c1ccc(Br)cc1. The Hall–Kier alpha value is -1.36. The summed E-state index contributed by atoms with van der Waals surface area (Å²) in [6.07, 6.45) is 5.00. The van der Waals surface area contributed by atoms with Crippen molar-refractivity contribution in [1.29, 1.82) is 0 Å². The van der Waals surface area contributed by atoms with E-state index in [4.69, 9.17) is 4.42 Å². The third-order valence-electron chi connectivity index (χ3n) is 3.07. The van der Waals surface area contributed by atoms with Crippen molar-refractivity contribution < 1.29 is 9.52 Å². The normalized spacial score (nSPS) is 14.6. The molecule has 106 valence electrons. The third-order valence-corrected chi connectivity index (χ3v) is 3.60. The fourth-order valence-corrected chi connectivity index (χ4v) is 2.14. The highest BCUT2D eigenvalue weighted by molar-refractivity contribution is 9.10. The molecule has 0 aliphatic rings. The fourth-order valence-electron chi connectivity index (χ4n) is 1.88. The zero-order valence-corrected chi connectivity index (χ0v) is 12.9. The van der Waals surface area contributed by atoms with E-state index in [2.05, 4.69) is 21.2 Å². The van der Waals surface area contributed by atoms with Gasteiger partial charge < -0.3 is 14.8 Å². The van der Waals surface area contributed by atoms with Crippen molar-refractivity contribution in [2.24, 2.45) is 0 Å². The molecule has 20 heavy (non-hydrogen) atoms. The number of hydrogen-bond acceptors (Lipinski definition) is 3. The summed E-state index contributed by atoms with van der Waals surface area (Å²) >= 11 is 3.39. The van der Waals surface area contributed by atoms with Crippen LogP contribution in [0.15, 0.2) is 57.6 Å². The third kappa shape index (κ3) is 4.34. The van der Waals surface area contributed by atoms with Gasteiger partial charge in [-0.3, -0.25) is 0 Å². The Morgan fingerprint density at radius 3 is 2.70 bits per heavy atom. The Labute approximate surface area is 127 Å². The van der Waals surface area contributed by atoms with Gasteiger partial charge in [0, 0.05) is 17.1 Å².